The number of benzene rings is 3. The first-order valence-electron chi connectivity index (χ1n) is 8.91. The highest BCUT2D eigenvalue weighted by Crippen LogP contribution is 2.17. The molecular formula is C22H17N5O2. The Labute approximate surface area is 166 Å². The number of anilines is 3. The smallest absolute Gasteiger partial charge is 0.281 e. The highest BCUT2D eigenvalue weighted by Gasteiger charge is 2.18. The minimum absolute atomic E-state index is 0.0479. The number of nitrogens with zero attached hydrogens (tertiary/aromatic N) is 3. The summed E-state index contributed by atoms with van der Waals surface area (Å²) in [5.41, 5.74) is 7.90. The Bertz CT molecular complexity index is 1170. The van der Waals surface area contributed by atoms with E-state index in [1.54, 1.807) is 42.5 Å². The van der Waals surface area contributed by atoms with Crippen molar-refractivity contribution in [1.29, 1.82) is 0 Å². The van der Waals surface area contributed by atoms with Crippen molar-refractivity contribution in [2.75, 3.05) is 11.1 Å². The molecule has 0 radical (unpaired) electrons. The zero-order chi connectivity index (χ0) is 20.2. The van der Waals surface area contributed by atoms with Crippen molar-refractivity contribution in [3.8, 4) is 0 Å². The molecule has 0 aliphatic rings. The fourth-order valence-corrected chi connectivity index (χ4v) is 2.85. The molecule has 0 spiro atoms. The summed E-state index contributed by atoms with van der Waals surface area (Å²) in [6, 6.07) is 24.6. The molecule has 0 amide bonds. The normalized spacial score (nSPS) is 10.5. The predicted octanol–water partition coefficient (Wildman–Crippen LogP) is 3.52. The number of carbonyl (C=O) groups excluding carboxylic acids is 2. The predicted molar refractivity (Wildman–Crippen MR) is 110 cm³/mol. The Morgan fingerprint density at radius 2 is 1.41 bits per heavy atom. The summed E-state index contributed by atoms with van der Waals surface area (Å²) in [6.07, 6.45) is 0. The molecule has 0 bridgehead atoms. The Morgan fingerprint density at radius 1 is 0.793 bits per heavy atom. The lowest BCUT2D eigenvalue weighted by Gasteiger charge is -2.05. The van der Waals surface area contributed by atoms with Gasteiger partial charge in [-0.1, -0.05) is 60.7 Å². The van der Waals surface area contributed by atoms with Gasteiger partial charge in [0, 0.05) is 22.4 Å². The van der Waals surface area contributed by atoms with E-state index in [1.165, 1.54) is 6.07 Å². The van der Waals surface area contributed by atoms with Crippen LogP contribution in [0.15, 0.2) is 84.9 Å². The van der Waals surface area contributed by atoms with Crippen LogP contribution >= 0.6 is 0 Å². The summed E-state index contributed by atoms with van der Waals surface area (Å²) < 4.78 is 1.01. The van der Waals surface area contributed by atoms with Crippen molar-refractivity contribution in [2.45, 2.75) is 0 Å². The third-order valence-corrected chi connectivity index (χ3v) is 4.26. The first-order valence-corrected chi connectivity index (χ1v) is 8.91. The van der Waals surface area contributed by atoms with Crippen LogP contribution in [0.25, 0.3) is 0 Å². The van der Waals surface area contributed by atoms with E-state index in [4.69, 9.17) is 5.73 Å². The molecule has 1 aromatic heterocycles. The van der Waals surface area contributed by atoms with Crippen LogP contribution < -0.4 is 11.1 Å². The zero-order valence-electron chi connectivity index (χ0n) is 15.3. The molecule has 0 aliphatic carbocycles. The van der Waals surface area contributed by atoms with Gasteiger partial charge in [-0.25, -0.2) is 0 Å². The van der Waals surface area contributed by atoms with Gasteiger partial charge in [-0.15, -0.1) is 5.10 Å². The SMILES string of the molecule is Nc1nc(Nc2ccccc2)nn1C(=O)c1cccc(C(=O)c2ccccc2)c1. The number of carbonyl (C=O) groups is 2. The second kappa shape index (κ2) is 7.77. The maximum absolute atomic E-state index is 12.9. The number of hydrogen-bond acceptors (Lipinski definition) is 6. The van der Waals surface area contributed by atoms with Crippen molar-refractivity contribution < 1.29 is 9.59 Å². The van der Waals surface area contributed by atoms with Crippen molar-refractivity contribution in [2.24, 2.45) is 0 Å². The van der Waals surface area contributed by atoms with Crippen molar-refractivity contribution in [3.63, 3.8) is 0 Å². The molecule has 3 N–H and O–H groups in total. The Balaban J connectivity index is 1.60. The Hall–Kier alpha value is -4.26. The number of rotatable bonds is 5. The summed E-state index contributed by atoms with van der Waals surface area (Å²) in [7, 11) is 0. The summed E-state index contributed by atoms with van der Waals surface area (Å²) in [5, 5.41) is 7.14. The number of nitrogens with one attached hydrogen (secondary N) is 1. The number of para-hydroxylation sites is 1. The second-order valence-electron chi connectivity index (χ2n) is 6.28. The van der Waals surface area contributed by atoms with Crippen LogP contribution in [-0.4, -0.2) is 26.5 Å². The van der Waals surface area contributed by atoms with Gasteiger partial charge in [0.15, 0.2) is 5.78 Å². The van der Waals surface area contributed by atoms with Crippen LogP contribution in [0, 0.1) is 0 Å². The highest BCUT2D eigenvalue weighted by atomic mass is 16.2. The van der Waals surface area contributed by atoms with E-state index in [2.05, 4.69) is 15.4 Å². The maximum Gasteiger partial charge on any atom is 0.281 e. The first-order chi connectivity index (χ1) is 14.1. The van der Waals surface area contributed by atoms with Crippen LogP contribution in [0.3, 0.4) is 0 Å². The minimum Gasteiger partial charge on any atom is -0.368 e. The minimum atomic E-state index is -0.473. The first kappa shape index (κ1) is 18.1. The van der Waals surface area contributed by atoms with E-state index in [1.807, 2.05) is 36.4 Å². The van der Waals surface area contributed by atoms with Gasteiger partial charge in [0.2, 0.25) is 11.9 Å². The van der Waals surface area contributed by atoms with Gasteiger partial charge in [-0.05, 0) is 24.3 Å². The standard InChI is InChI=1S/C22H17N5O2/c23-21-25-22(24-18-12-5-2-6-13-18)26-27(21)20(29)17-11-7-10-16(14-17)19(28)15-8-3-1-4-9-15/h1-14H,(H3,23,24,25,26). The Morgan fingerprint density at radius 3 is 2.14 bits per heavy atom. The van der Waals surface area contributed by atoms with E-state index >= 15 is 0 Å². The molecular weight excluding hydrogens is 366 g/mol. The summed E-state index contributed by atoms with van der Waals surface area (Å²) >= 11 is 0. The van der Waals surface area contributed by atoms with E-state index in [0.717, 1.165) is 10.4 Å². The van der Waals surface area contributed by atoms with E-state index in [9.17, 15) is 9.59 Å². The lowest BCUT2D eigenvalue weighted by Crippen LogP contribution is -2.17. The van der Waals surface area contributed by atoms with Crippen molar-refractivity contribution >= 4 is 29.3 Å². The third-order valence-electron chi connectivity index (χ3n) is 4.26. The number of nitrogen functional groups attached to an aromatic ring is 1. The van der Waals surface area contributed by atoms with Gasteiger partial charge >= 0.3 is 0 Å². The van der Waals surface area contributed by atoms with Crippen molar-refractivity contribution in [3.05, 3.63) is 102 Å². The second-order valence-corrected chi connectivity index (χ2v) is 6.28. The molecule has 3 aromatic carbocycles. The van der Waals surface area contributed by atoms with Crippen molar-refractivity contribution in [1.82, 2.24) is 14.8 Å². The zero-order valence-corrected chi connectivity index (χ0v) is 15.3. The topological polar surface area (TPSA) is 103 Å². The molecule has 4 rings (SSSR count). The van der Waals surface area contributed by atoms with Gasteiger partial charge in [0.05, 0.1) is 0 Å². The molecule has 0 saturated carbocycles. The number of hydrogen-bond donors (Lipinski definition) is 2. The lowest BCUT2D eigenvalue weighted by atomic mass is 10.0. The molecule has 29 heavy (non-hydrogen) atoms. The number of nitrogens with two attached hydrogens (primary N) is 1. The van der Waals surface area contributed by atoms with Crippen LogP contribution in [0.1, 0.15) is 26.3 Å². The molecule has 0 atom stereocenters. The van der Waals surface area contributed by atoms with Crippen LogP contribution in [0.5, 0.6) is 0 Å². The molecule has 142 valence electrons. The van der Waals surface area contributed by atoms with Crippen LogP contribution in [0.4, 0.5) is 17.6 Å². The van der Waals surface area contributed by atoms with Crippen LogP contribution in [0.2, 0.25) is 0 Å². The van der Waals surface area contributed by atoms with E-state index in [-0.39, 0.29) is 23.2 Å². The van der Waals surface area contributed by atoms with Gasteiger partial charge in [0.25, 0.3) is 5.91 Å². The largest absolute Gasteiger partial charge is 0.368 e. The fourth-order valence-electron chi connectivity index (χ4n) is 2.85. The summed E-state index contributed by atoms with van der Waals surface area (Å²) in [6.45, 7) is 0. The number of aromatic nitrogens is 3. The summed E-state index contributed by atoms with van der Waals surface area (Å²) in [5.74, 6) is -0.483. The van der Waals surface area contributed by atoms with E-state index in [0.29, 0.717) is 11.1 Å². The fraction of sp³-hybridized carbons (Fsp3) is 0. The molecule has 7 nitrogen and oxygen atoms in total. The average Bonchev–Trinajstić information content (AvgIpc) is 3.14. The number of ketones is 1. The molecule has 0 saturated heterocycles. The summed E-state index contributed by atoms with van der Waals surface area (Å²) in [4.78, 5) is 29.6. The third kappa shape index (κ3) is 3.89. The van der Waals surface area contributed by atoms with Gasteiger partial charge in [-0.3, -0.25) is 9.59 Å². The highest BCUT2D eigenvalue weighted by molar-refractivity contribution is 6.10. The average molecular weight is 383 g/mol. The molecule has 0 unspecified atom stereocenters. The van der Waals surface area contributed by atoms with Gasteiger partial charge < -0.3 is 11.1 Å². The van der Waals surface area contributed by atoms with Crippen LogP contribution in [-0.2, 0) is 0 Å². The molecule has 1 heterocycles. The Kier molecular flexibility index (Phi) is 4.86. The van der Waals surface area contributed by atoms with Gasteiger partial charge in [-0.2, -0.15) is 9.67 Å². The molecule has 0 fully saturated rings. The molecule has 0 aliphatic heterocycles. The molecule has 4 aromatic rings. The maximum atomic E-state index is 12.9. The monoisotopic (exact) mass is 383 g/mol. The van der Waals surface area contributed by atoms with E-state index < -0.39 is 5.91 Å². The quantitative estimate of drug-likeness (QED) is 0.511. The lowest BCUT2D eigenvalue weighted by molar-refractivity contribution is 0.0948. The van der Waals surface area contributed by atoms with Gasteiger partial charge in [0.1, 0.15) is 0 Å². The molecule has 7 heteroatoms.